The number of hydrogen-bond donors (Lipinski definition) is 0. The van der Waals surface area contributed by atoms with E-state index in [-0.39, 0.29) is 18.6 Å². The Morgan fingerprint density at radius 3 is 2.63 bits per heavy atom. The molecule has 2 fully saturated rings. The van der Waals surface area contributed by atoms with E-state index in [0.717, 1.165) is 45.6 Å². The molecule has 2 aromatic rings. The third kappa shape index (κ3) is 4.60. The summed E-state index contributed by atoms with van der Waals surface area (Å²) in [6.07, 6.45) is 3.53. The van der Waals surface area contributed by atoms with Crippen molar-refractivity contribution in [2.45, 2.75) is 25.4 Å². The highest BCUT2D eigenvalue weighted by Gasteiger charge is 2.22. The molecular weight excluding hydrogens is 340 g/mol. The first-order valence-corrected chi connectivity index (χ1v) is 10.0. The molecule has 5 heteroatoms. The molecule has 0 N–H and O–H groups in total. The predicted molar refractivity (Wildman–Crippen MR) is 107 cm³/mol. The zero-order valence-electron chi connectivity index (χ0n) is 15.8. The molecular formula is C22H28N2O3. The largest absolute Gasteiger partial charge is 0.376 e. The molecule has 5 nitrogen and oxygen atoms in total. The fourth-order valence-electron chi connectivity index (χ4n) is 3.90. The molecule has 27 heavy (non-hydrogen) atoms. The van der Waals surface area contributed by atoms with Crippen LogP contribution in [0.4, 0.5) is 5.69 Å². The zero-order chi connectivity index (χ0) is 18.5. The van der Waals surface area contributed by atoms with Crippen molar-refractivity contribution in [3.8, 4) is 0 Å². The Kier molecular flexibility index (Phi) is 5.90. The normalized spacial score (nSPS) is 20.8. The number of carbonyl (C=O) groups excluding carboxylic acids is 1. The second-order valence-corrected chi connectivity index (χ2v) is 7.40. The fraction of sp³-hybridized carbons (Fsp3) is 0.500. The monoisotopic (exact) mass is 368 g/mol. The quantitative estimate of drug-likeness (QED) is 0.813. The standard InChI is InChI=1S/C22H28N2O3/c25-22(17-26-16-21-7-3-4-14-27-21)24-12-10-23(11-13-24)20-9-8-18-5-1-2-6-19(18)15-20/h1-2,5-6,8-9,15,21H,3-4,7,10-14,16-17H2/t21-/m0/s1. The molecule has 0 radical (unpaired) electrons. The van der Waals surface area contributed by atoms with Crippen LogP contribution in [0.2, 0.25) is 0 Å². The van der Waals surface area contributed by atoms with E-state index in [0.29, 0.717) is 6.61 Å². The molecule has 2 aliphatic rings. The van der Waals surface area contributed by atoms with Crippen LogP contribution in [0.25, 0.3) is 10.8 Å². The van der Waals surface area contributed by atoms with Crippen molar-refractivity contribution >= 4 is 22.4 Å². The summed E-state index contributed by atoms with van der Waals surface area (Å²) in [5.74, 6) is 0.0870. The summed E-state index contributed by atoms with van der Waals surface area (Å²) in [6.45, 7) is 4.72. The lowest BCUT2D eigenvalue weighted by atomic mass is 10.1. The summed E-state index contributed by atoms with van der Waals surface area (Å²) >= 11 is 0. The molecule has 0 aromatic heterocycles. The maximum atomic E-state index is 12.4. The molecule has 1 amide bonds. The summed E-state index contributed by atoms with van der Waals surface area (Å²) in [4.78, 5) is 16.7. The Morgan fingerprint density at radius 2 is 1.85 bits per heavy atom. The molecule has 0 saturated carbocycles. The second kappa shape index (κ2) is 8.72. The van der Waals surface area contributed by atoms with Gasteiger partial charge in [-0.2, -0.15) is 0 Å². The summed E-state index contributed by atoms with van der Waals surface area (Å²) in [5.41, 5.74) is 1.23. The zero-order valence-corrected chi connectivity index (χ0v) is 15.8. The minimum atomic E-state index is 0.0870. The van der Waals surface area contributed by atoms with Gasteiger partial charge < -0.3 is 19.3 Å². The van der Waals surface area contributed by atoms with Crippen LogP contribution in [0.5, 0.6) is 0 Å². The lowest BCUT2D eigenvalue weighted by Crippen LogP contribution is -2.49. The van der Waals surface area contributed by atoms with Crippen molar-refractivity contribution in [1.82, 2.24) is 4.90 Å². The van der Waals surface area contributed by atoms with Crippen molar-refractivity contribution in [2.24, 2.45) is 0 Å². The van der Waals surface area contributed by atoms with Gasteiger partial charge in [0, 0.05) is 38.5 Å². The van der Waals surface area contributed by atoms with Crippen molar-refractivity contribution in [1.29, 1.82) is 0 Å². The maximum absolute atomic E-state index is 12.4. The van der Waals surface area contributed by atoms with Gasteiger partial charge in [-0.25, -0.2) is 0 Å². The summed E-state index contributed by atoms with van der Waals surface area (Å²) in [7, 11) is 0. The van der Waals surface area contributed by atoms with E-state index in [1.807, 2.05) is 4.90 Å². The first kappa shape index (κ1) is 18.3. The van der Waals surface area contributed by atoms with Crippen molar-refractivity contribution < 1.29 is 14.3 Å². The number of anilines is 1. The Balaban J connectivity index is 1.24. The van der Waals surface area contributed by atoms with Crippen molar-refractivity contribution in [3.05, 3.63) is 42.5 Å². The number of fused-ring (bicyclic) bond motifs is 1. The van der Waals surface area contributed by atoms with E-state index in [2.05, 4.69) is 47.4 Å². The highest BCUT2D eigenvalue weighted by molar-refractivity contribution is 5.86. The molecule has 2 saturated heterocycles. The molecule has 0 bridgehead atoms. The van der Waals surface area contributed by atoms with E-state index in [4.69, 9.17) is 9.47 Å². The number of piperazine rings is 1. The van der Waals surface area contributed by atoms with Crippen LogP contribution in [-0.4, -0.2) is 62.9 Å². The highest BCUT2D eigenvalue weighted by atomic mass is 16.5. The van der Waals surface area contributed by atoms with Crippen molar-refractivity contribution in [3.63, 3.8) is 0 Å². The van der Waals surface area contributed by atoms with Gasteiger partial charge in [0.1, 0.15) is 6.61 Å². The van der Waals surface area contributed by atoms with Gasteiger partial charge in [-0.15, -0.1) is 0 Å². The van der Waals surface area contributed by atoms with Crippen LogP contribution in [0.1, 0.15) is 19.3 Å². The highest BCUT2D eigenvalue weighted by Crippen LogP contribution is 2.23. The van der Waals surface area contributed by atoms with Crippen molar-refractivity contribution in [2.75, 3.05) is 50.9 Å². The minimum Gasteiger partial charge on any atom is -0.376 e. The van der Waals surface area contributed by atoms with Crippen LogP contribution in [0.3, 0.4) is 0 Å². The molecule has 2 heterocycles. The summed E-state index contributed by atoms with van der Waals surface area (Å²) in [5, 5.41) is 2.51. The van der Waals surface area contributed by atoms with Crippen LogP contribution < -0.4 is 4.90 Å². The van der Waals surface area contributed by atoms with Crippen LogP contribution in [0.15, 0.2) is 42.5 Å². The molecule has 4 rings (SSSR count). The first-order valence-electron chi connectivity index (χ1n) is 10.0. The van der Waals surface area contributed by atoms with Crippen LogP contribution in [0, 0.1) is 0 Å². The number of rotatable bonds is 5. The van der Waals surface area contributed by atoms with Gasteiger partial charge in [0.2, 0.25) is 5.91 Å². The van der Waals surface area contributed by atoms with Gasteiger partial charge >= 0.3 is 0 Å². The Hall–Kier alpha value is -2.11. The van der Waals surface area contributed by atoms with Gasteiger partial charge in [0.05, 0.1) is 12.7 Å². The minimum absolute atomic E-state index is 0.0870. The SMILES string of the molecule is O=C(COC[C@@H]1CCCCO1)N1CCN(c2ccc3ccccc3c2)CC1. The predicted octanol–water partition coefficient (Wildman–Crippen LogP) is 3.07. The third-order valence-electron chi connectivity index (χ3n) is 5.53. The van der Waals surface area contributed by atoms with Gasteiger partial charge in [-0.05, 0) is 42.2 Å². The van der Waals surface area contributed by atoms with Crippen LogP contribution in [-0.2, 0) is 14.3 Å². The second-order valence-electron chi connectivity index (χ2n) is 7.40. The van der Waals surface area contributed by atoms with Gasteiger partial charge in [0.25, 0.3) is 0 Å². The molecule has 0 unspecified atom stereocenters. The molecule has 2 aromatic carbocycles. The maximum Gasteiger partial charge on any atom is 0.248 e. The lowest BCUT2D eigenvalue weighted by Gasteiger charge is -2.36. The number of hydrogen-bond acceptors (Lipinski definition) is 4. The Morgan fingerprint density at radius 1 is 1.04 bits per heavy atom. The molecule has 0 aliphatic carbocycles. The topological polar surface area (TPSA) is 42.0 Å². The van der Waals surface area contributed by atoms with E-state index >= 15 is 0 Å². The first-order chi connectivity index (χ1) is 13.3. The average molecular weight is 368 g/mol. The third-order valence-corrected chi connectivity index (χ3v) is 5.53. The summed E-state index contributed by atoms with van der Waals surface area (Å²) in [6, 6.07) is 15.0. The molecule has 0 spiro atoms. The van der Waals surface area contributed by atoms with Gasteiger partial charge in [-0.1, -0.05) is 30.3 Å². The molecule has 144 valence electrons. The average Bonchev–Trinajstić information content (AvgIpc) is 2.74. The van der Waals surface area contributed by atoms with E-state index < -0.39 is 0 Å². The molecule has 2 aliphatic heterocycles. The van der Waals surface area contributed by atoms with Gasteiger partial charge in [0.15, 0.2) is 0 Å². The Labute approximate surface area is 160 Å². The van der Waals surface area contributed by atoms with E-state index in [1.54, 1.807) is 0 Å². The van der Waals surface area contributed by atoms with E-state index in [9.17, 15) is 4.79 Å². The smallest absolute Gasteiger partial charge is 0.248 e. The number of amides is 1. The van der Waals surface area contributed by atoms with E-state index in [1.165, 1.54) is 22.9 Å². The molecule has 1 atom stereocenters. The number of carbonyl (C=O) groups is 1. The summed E-state index contributed by atoms with van der Waals surface area (Å²) < 4.78 is 11.3. The fourth-order valence-corrected chi connectivity index (χ4v) is 3.90. The Bertz CT molecular complexity index is 765. The number of ether oxygens (including phenoxy) is 2. The number of nitrogens with zero attached hydrogens (tertiary/aromatic N) is 2. The van der Waals surface area contributed by atoms with Gasteiger partial charge in [-0.3, -0.25) is 4.79 Å². The number of benzene rings is 2. The van der Waals surface area contributed by atoms with Crippen LogP contribution >= 0.6 is 0 Å². The lowest BCUT2D eigenvalue weighted by molar-refractivity contribution is -0.138.